The van der Waals surface area contributed by atoms with Crippen molar-refractivity contribution in [3.63, 3.8) is 0 Å². The summed E-state index contributed by atoms with van der Waals surface area (Å²) in [6.45, 7) is 1.84. The van der Waals surface area contributed by atoms with Crippen molar-refractivity contribution < 1.29 is 14.0 Å². The highest BCUT2D eigenvalue weighted by Crippen LogP contribution is 2.17. The first-order chi connectivity index (χ1) is 11.6. The normalized spacial score (nSPS) is 15.2. The summed E-state index contributed by atoms with van der Waals surface area (Å²) in [6.07, 6.45) is 4.70. The molecule has 1 aromatic carbocycles. The van der Waals surface area contributed by atoms with Crippen LogP contribution in [0.2, 0.25) is 0 Å². The van der Waals surface area contributed by atoms with Crippen molar-refractivity contribution in [2.45, 2.75) is 19.3 Å². The zero-order chi connectivity index (χ0) is 17.4. The van der Waals surface area contributed by atoms with Crippen molar-refractivity contribution in [3.8, 4) is 6.07 Å². The summed E-state index contributed by atoms with van der Waals surface area (Å²) in [4.78, 5) is 25.2. The van der Waals surface area contributed by atoms with Gasteiger partial charge in [-0.25, -0.2) is 4.39 Å². The largest absolute Gasteiger partial charge is 0.355 e. The average molecular weight is 329 g/mol. The molecule has 0 saturated carbocycles. The van der Waals surface area contributed by atoms with Crippen LogP contribution in [0.5, 0.6) is 0 Å². The molecule has 0 aromatic heterocycles. The fourth-order valence-electron chi connectivity index (χ4n) is 2.60. The third-order valence-electron chi connectivity index (χ3n) is 4.04. The number of nitrogens with one attached hydrogen (secondary N) is 1. The van der Waals surface area contributed by atoms with Gasteiger partial charge in [-0.15, -0.1) is 0 Å². The number of likely N-dealkylation sites (tertiary alicyclic amines) is 1. The molecule has 0 radical (unpaired) electrons. The third kappa shape index (κ3) is 5.51. The smallest absolute Gasteiger partial charge is 0.246 e. The number of hydrogen-bond acceptors (Lipinski definition) is 3. The van der Waals surface area contributed by atoms with Crippen LogP contribution < -0.4 is 5.32 Å². The van der Waals surface area contributed by atoms with Crippen molar-refractivity contribution >= 4 is 17.9 Å². The summed E-state index contributed by atoms with van der Waals surface area (Å²) in [5, 5.41) is 11.2. The number of halogens is 1. The summed E-state index contributed by atoms with van der Waals surface area (Å²) in [6, 6.07) is 7.77. The highest BCUT2D eigenvalue weighted by molar-refractivity contribution is 5.91. The Bertz CT molecular complexity index is 641. The fraction of sp³-hybridized carbons (Fsp3) is 0.389. The van der Waals surface area contributed by atoms with Crippen molar-refractivity contribution in [2.24, 2.45) is 5.92 Å². The molecule has 0 aliphatic carbocycles. The van der Waals surface area contributed by atoms with Crippen LogP contribution in [0.15, 0.2) is 30.3 Å². The van der Waals surface area contributed by atoms with Crippen LogP contribution in [0.3, 0.4) is 0 Å². The van der Waals surface area contributed by atoms with Crippen LogP contribution in [-0.4, -0.2) is 36.3 Å². The van der Waals surface area contributed by atoms with Gasteiger partial charge in [-0.2, -0.15) is 5.26 Å². The maximum absolute atomic E-state index is 12.8. The van der Waals surface area contributed by atoms with Crippen molar-refractivity contribution in [2.75, 3.05) is 19.6 Å². The van der Waals surface area contributed by atoms with E-state index in [0.29, 0.717) is 25.6 Å². The van der Waals surface area contributed by atoms with Gasteiger partial charge in [-0.1, -0.05) is 12.1 Å². The summed E-state index contributed by atoms with van der Waals surface area (Å²) in [7, 11) is 0. The van der Waals surface area contributed by atoms with E-state index in [1.165, 1.54) is 18.2 Å². The Balaban J connectivity index is 1.75. The Morgan fingerprint density at radius 3 is 2.58 bits per heavy atom. The Morgan fingerprint density at radius 2 is 1.96 bits per heavy atom. The number of carbonyl (C=O) groups is 2. The van der Waals surface area contributed by atoms with Crippen LogP contribution >= 0.6 is 0 Å². The van der Waals surface area contributed by atoms with E-state index < -0.39 is 0 Å². The predicted octanol–water partition coefficient (Wildman–Crippen LogP) is 2.11. The highest BCUT2D eigenvalue weighted by atomic mass is 19.1. The molecule has 5 nitrogen and oxygen atoms in total. The Hall–Kier alpha value is -2.68. The van der Waals surface area contributed by atoms with Crippen LogP contribution in [0.25, 0.3) is 6.08 Å². The van der Waals surface area contributed by atoms with Crippen LogP contribution in [0, 0.1) is 23.1 Å². The van der Waals surface area contributed by atoms with Gasteiger partial charge < -0.3 is 10.2 Å². The lowest BCUT2D eigenvalue weighted by Crippen LogP contribution is -2.40. The molecule has 0 spiro atoms. The first kappa shape index (κ1) is 17.7. The molecule has 0 bridgehead atoms. The first-order valence-electron chi connectivity index (χ1n) is 7.94. The summed E-state index contributed by atoms with van der Waals surface area (Å²) in [5.41, 5.74) is 0.778. The zero-order valence-corrected chi connectivity index (χ0v) is 13.4. The quantitative estimate of drug-likeness (QED) is 0.841. The third-order valence-corrected chi connectivity index (χ3v) is 4.04. The van der Waals surface area contributed by atoms with Crippen LogP contribution in [0.4, 0.5) is 4.39 Å². The number of nitrogens with zero attached hydrogens (tertiary/aromatic N) is 2. The van der Waals surface area contributed by atoms with Gasteiger partial charge in [0.05, 0.1) is 6.07 Å². The van der Waals surface area contributed by atoms with Crippen molar-refractivity contribution in [1.82, 2.24) is 10.2 Å². The van der Waals surface area contributed by atoms with E-state index in [-0.39, 0.29) is 24.1 Å². The second-order valence-corrected chi connectivity index (χ2v) is 5.79. The Morgan fingerprint density at radius 1 is 1.29 bits per heavy atom. The van der Waals surface area contributed by atoms with Gasteiger partial charge in [0.15, 0.2) is 0 Å². The second-order valence-electron chi connectivity index (χ2n) is 5.79. The van der Waals surface area contributed by atoms with E-state index >= 15 is 0 Å². The standard InChI is InChI=1S/C18H20FN3O2/c19-16-4-1-14(2-5-16)3-6-18(24)22-11-8-15(9-12-22)13-21-17(23)7-10-20/h1-6,15H,7-9,11-13H2,(H,21,23)/b6-3+. The van der Waals surface area contributed by atoms with E-state index in [1.807, 2.05) is 6.07 Å². The number of amides is 2. The molecule has 1 N–H and O–H groups in total. The predicted molar refractivity (Wildman–Crippen MR) is 88.0 cm³/mol. The monoisotopic (exact) mass is 329 g/mol. The Labute approximate surface area is 140 Å². The van der Waals surface area contributed by atoms with E-state index in [9.17, 15) is 14.0 Å². The average Bonchev–Trinajstić information content (AvgIpc) is 2.60. The molecule has 0 atom stereocenters. The summed E-state index contributed by atoms with van der Waals surface area (Å²) < 4.78 is 12.8. The van der Waals surface area contributed by atoms with E-state index in [0.717, 1.165) is 18.4 Å². The molecule has 0 unspecified atom stereocenters. The number of piperidine rings is 1. The SMILES string of the molecule is N#CCC(=O)NCC1CCN(C(=O)/C=C/c2ccc(F)cc2)CC1. The molecule has 2 amide bonds. The molecular formula is C18H20FN3O2. The van der Waals surface area contributed by atoms with Gasteiger partial charge in [-0.3, -0.25) is 9.59 Å². The minimum Gasteiger partial charge on any atom is -0.355 e. The molecule has 1 heterocycles. The van der Waals surface area contributed by atoms with Crippen molar-refractivity contribution in [1.29, 1.82) is 5.26 Å². The minimum atomic E-state index is -0.303. The van der Waals surface area contributed by atoms with E-state index in [1.54, 1.807) is 23.1 Å². The Kier molecular flexibility index (Phi) is 6.50. The molecule has 24 heavy (non-hydrogen) atoms. The molecule has 1 fully saturated rings. The summed E-state index contributed by atoms with van der Waals surface area (Å²) >= 11 is 0. The number of rotatable bonds is 5. The highest BCUT2D eigenvalue weighted by Gasteiger charge is 2.21. The lowest BCUT2D eigenvalue weighted by atomic mass is 9.96. The molecule has 6 heteroatoms. The minimum absolute atomic E-state index is 0.0636. The number of nitriles is 1. The van der Waals surface area contributed by atoms with Gasteiger partial charge in [0.2, 0.25) is 11.8 Å². The topological polar surface area (TPSA) is 73.2 Å². The number of hydrogen-bond donors (Lipinski definition) is 1. The number of benzene rings is 1. The maximum Gasteiger partial charge on any atom is 0.246 e. The fourth-order valence-corrected chi connectivity index (χ4v) is 2.60. The molecule has 1 saturated heterocycles. The molecule has 1 aliphatic rings. The maximum atomic E-state index is 12.8. The molecule has 1 aromatic rings. The zero-order valence-electron chi connectivity index (χ0n) is 13.4. The van der Waals surface area contributed by atoms with Gasteiger partial charge in [0.1, 0.15) is 12.2 Å². The van der Waals surface area contributed by atoms with Crippen molar-refractivity contribution in [3.05, 3.63) is 41.7 Å². The van der Waals surface area contributed by atoms with E-state index in [4.69, 9.17) is 5.26 Å². The summed E-state index contributed by atoms with van der Waals surface area (Å²) in [5.74, 6) is -0.287. The molecule has 2 rings (SSSR count). The van der Waals surface area contributed by atoms with Gasteiger partial charge in [0.25, 0.3) is 0 Å². The molecular weight excluding hydrogens is 309 g/mol. The van der Waals surface area contributed by atoms with Gasteiger partial charge in [-0.05, 0) is 42.5 Å². The van der Waals surface area contributed by atoms with Gasteiger partial charge in [0, 0.05) is 25.7 Å². The first-order valence-corrected chi connectivity index (χ1v) is 7.94. The molecule has 1 aliphatic heterocycles. The van der Waals surface area contributed by atoms with Crippen LogP contribution in [-0.2, 0) is 9.59 Å². The molecule has 126 valence electrons. The van der Waals surface area contributed by atoms with E-state index in [2.05, 4.69) is 5.32 Å². The lowest BCUT2D eigenvalue weighted by Gasteiger charge is -2.31. The lowest BCUT2D eigenvalue weighted by molar-refractivity contribution is -0.127. The number of carbonyl (C=O) groups excluding carboxylic acids is 2. The second kappa shape index (κ2) is 8.82. The van der Waals surface area contributed by atoms with Gasteiger partial charge >= 0.3 is 0 Å². The van der Waals surface area contributed by atoms with Crippen LogP contribution in [0.1, 0.15) is 24.8 Å².